The van der Waals surface area contributed by atoms with Crippen LogP contribution >= 0.6 is 0 Å². The Hall–Kier alpha value is -2.70. The number of aromatic amines is 1. The van der Waals surface area contributed by atoms with E-state index < -0.39 is 5.69 Å². The molecule has 19 heavy (non-hydrogen) atoms. The molecule has 1 N–H and O–H groups in total. The molecule has 0 bridgehead atoms. The Morgan fingerprint density at radius 2 is 2.11 bits per heavy atom. The average Bonchev–Trinajstić information content (AvgIpc) is 2.92. The molecule has 0 fully saturated rings. The Kier molecular flexibility index (Phi) is 2.52. The van der Waals surface area contributed by atoms with Gasteiger partial charge < -0.3 is 4.98 Å². The maximum atomic E-state index is 12.2. The van der Waals surface area contributed by atoms with Crippen LogP contribution in [0.5, 0.6) is 0 Å². The van der Waals surface area contributed by atoms with Crippen molar-refractivity contribution < 1.29 is 0 Å². The zero-order chi connectivity index (χ0) is 13.4. The quantitative estimate of drug-likeness (QED) is 0.692. The fraction of sp³-hybridized carbons (Fsp3) is 0.167. The highest BCUT2D eigenvalue weighted by atomic mass is 16.2. The molecule has 7 nitrogen and oxygen atoms in total. The fourth-order valence-corrected chi connectivity index (χ4v) is 1.99. The number of hydrogen-bond donors (Lipinski definition) is 1. The number of aromatic nitrogens is 5. The van der Waals surface area contributed by atoms with Gasteiger partial charge in [-0.15, -0.1) is 0 Å². The number of imidazole rings is 1. The summed E-state index contributed by atoms with van der Waals surface area (Å²) in [7, 11) is 1.58. The third-order valence-corrected chi connectivity index (χ3v) is 2.96. The highest BCUT2D eigenvalue weighted by Crippen LogP contribution is 2.00. The number of nitrogens with one attached hydrogen (secondary N) is 1. The van der Waals surface area contributed by atoms with Crippen LogP contribution < -0.4 is 11.2 Å². The lowest BCUT2D eigenvalue weighted by molar-refractivity contribution is 0.647. The summed E-state index contributed by atoms with van der Waals surface area (Å²) in [6.45, 7) is 0.140. The van der Waals surface area contributed by atoms with E-state index in [1.807, 2.05) is 6.07 Å². The van der Waals surface area contributed by atoms with Crippen molar-refractivity contribution in [3.63, 3.8) is 0 Å². The van der Waals surface area contributed by atoms with Crippen LogP contribution in [0.25, 0.3) is 11.2 Å². The van der Waals surface area contributed by atoms with Gasteiger partial charge in [-0.05, 0) is 12.1 Å². The standard InChI is InChI=1S/C12H11N5O2/c1-16-10-9(14-7-15-10)11(18)17(12(16)19)6-8-4-2-3-5-13-8/h2-5,7H,6H2,1H3,(H,14,15). The van der Waals surface area contributed by atoms with Gasteiger partial charge in [0.25, 0.3) is 5.56 Å². The van der Waals surface area contributed by atoms with Gasteiger partial charge in [0, 0.05) is 13.2 Å². The van der Waals surface area contributed by atoms with Gasteiger partial charge in [0.15, 0.2) is 5.65 Å². The van der Waals surface area contributed by atoms with Crippen molar-refractivity contribution >= 4 is 11.2 Å². The molecule has 0 aromatic carbocycles. The normalized spacial score (nSPS) is 11.0. The lowest BCUT2D eigenvalue weighted by Crippen LogP contribution is -2.39. The van der Waals surface area contributed by atoms with E-state index in [1.54, 1.807) is 25.4 Å². The first-order valence-corrected chi connectivity index (χ1v) is 5.71. The Morgan fingerprint density at radius 3 is 2.84 bits per heavy atom. The van der Waals surface area contributed by atoms with Crippen molar-refractivity contribution in [2.24, 2.45) is 7.05 Å². The van der Waals surface area contributed by atoms with Gasteiger partial charge in [-0.25, -0.2) is 9.78 Å². The molecular formula is C12H11N5O2. The summed E-state index contributed by atoms with van der Waals surface area (Å²) in [6.07, 6.45) is 3.02. The zero-order valence-corrected chi connectivity index (χ0v) is 10.2. The Morgan fingerprint density at radius 1 is 1.26 bits per heavy atom. The summed E-state index contributed by atoms with van der Waals surface area (Å²) in [5, 5.41) is 0. The van der Waals surface area contributed by atoms with Gasteiger partial charge in [-0.3, -0.25) is 18.9 Å². The molecule has 96 valence electrons. The summed E-state index contributed by atoms with van der Waals surface area (Å²) in [5.74, 6) is 0. The van der Waals surface area contributed by atoms with E-state index in [4.69, 9.17) is 0 Å². The summed E-state index contributed by atoms with van der Waals surface area (Å²) in [5.41, 5.74) is 0.530. The van der Waals surface area contributed by atoms with Gasteiger partial charge in [-0.2, -0.15) is 0 Å². The molecule has 0 saturated heterocycles. The monoisotopic (exact) mass is 257 g/mol. The highest BCUT2D eigenvalue weighted by Gasteiger charge is 2.13. The maximum Gasteiger partial charge on any atom is 0.332 e. The van der Waals surface area contributed by atoms with Crippen molar-refractivity contribution in [1.82, 2.24) is 24.1 Å². The van der Waals surface area contributed by atoms with E-state index in [0.29, 0.717) is 16.9 Å². The van der Waals surface area contributed by atoms with Gasteiger partial charge in [-0.1, -0.05) is 6.07 Å². The molecule has 3 aromatic heterocycles. The van der Waals surface area contributed by atoms with Crippen LogP contribution in [-0.4, -0.2) is 24.1 Å². The molecule has 3 heterocycles. The number of hydrogen-bond acceptors (Lipinski definition) is 4. The van der Waals surface area contributed by atoms with Crippen LogP contribution in [0.3, 0.4) is 0 Å². The number of pyridine rings is 1. The van der Waals surface area contributed by atoms with Crippen molar-refractivity contribution in [1.29, 1.82) is 0 Å². The minimum absolute atomic E-state index is 0.140. The Balaban J connectivity index is 2.24. The molecule has 0 saturated carbocycles. The summed E-state index contributed by atoms with van der Waals surface area (Å²) < 4.78 is 2.49. The molecule has 0 amide bonds. The van der Waals surface area contributed by atoms with Crippen molar-refractivity contribution in [3.8, 4) is 0 Å². The van der Waals surface area contributed by atoms with Gasteiger partial charge >= 0.3 is 5.69 Å². The molecule has 0 unspecified atom stereocenters. The van der Waals surface area contributed by atoms with Crippen LogP contribution in [0.1, 0.15) is 5.69 Å². The molecular weight excluding hydrogens is 246 g/mol. The molecule has 0 atom stereocenters. The molecule has 7 heteroatoms. The van der Waals surface area contributed by atoms with Gasteiger partial charge in [0.2, 0.25) is 0 Å². The Labute approximate surface area is 107 Å². The SMILES string of the molecule is Cn1c(=O)n(Cc2ccccn2)c(=O)c2[nH]cnc21. The van der Waals surface area contributed by atoms with E-state index >= 15 is 0 Å². The van der Waals surface area contributed by atoms with Crippen molar-refractivity contribution in [2.75, 3.05) is 0 Å². The topological polar surface area (TPSA) is 85.6 Å². The lowest BCUT2D eigenvalue weighted by atomic mass is 10.3. The minimum Gasteiger partial charge on any atom is -0.339 e. The van der Waals surface area contributed by atoms with E-state index in [0.717, 1.165) is 4.57 Å². The van der Waals surface area contributed by atoms with Crippen molar-refractivity contribution in [3.05, 3.63) is 57.3 Å². The van der Waals surface area contributed by atoms with E-state index in [2.05, 4.69) is 15.0 Å². The zero-order valence-electron chi connectivity index (χ0n) is 10.2. The van der Waals surface area contributed by atoms with Gasteiger partial charge in [0.1, 0.15) is 5.52 Å². The highest BCUT2D eigenvalue weighted by molar-refractivity contribution is 5.68. The number of H-pyrrole nitrogens is 1. The predicted molar refractivity (Wildman–Crippen MR) is 68.9 cm³/mol. The predicted octanol–water partition coefficient (Wildman–Crippen LogP) is -0.133. The Bertz CT molecular complexity index is 844. The average molecular weight is 257 g/mol. The molecule has 3 rings (SSSR count). The van der Waals surface area contributed by atoms with Crippen LogP contribution in [0.2, 0.25) is 0 Å². The van der Waals surface area contributed by atoms with E-state index in [1.165, 1.54) is 10.9 Å². The molecule has 0 spiro atoms. The summed E-state index contributed by atoms with van der Waals surface area (Å²) in [6, 6.07) is 5.36. The number of rotatable bonds is 2. The molecule has 0 aliphatic rings. The first-order chi connectivity index (χ1) is 9.18. The first-order valence-electron chi connectivity index (χ1n) is 5.71. The third kappa shape index (κ3) is 1.75. The van der Waals surface area contributed by atoms with Crippen LogP contribution in [0.15, 0.2) is 40.3 Å². The smallest absolute Gasteiger partial charge is 0.332 e. The fourth-order valence-electron chi connectivity index (χ4n) is 1.99. The molecule has 3 aromatic rings. The summed E-state index contributed by atoms with van der Waals surface area (Å²) >= 11 is 0. The van der Waals surface area contributed by atoms with E-state index in [-0.39, 0.29) is 12.1 Å². The number of aryl methyl sites for hydroxylation is 1. The van der Waals surface area contributed by atoms with Crippen LogP contribution in [0, 0.1) is 0 Å². The second-order valence-corrected chi connectivity index (χ2v) is 4.16. The van der Waals surface area contributed by atoms with Crippen LogP contribution in [0.4, 0.5) is 0 Å². The summed E-state index contributed by atoms with van der Waals surface area (Å²) in [4.78, 5) is 35.2. The number of nitrogens with zero attached hydrogens (tertiary/aromatic N) is 4. The van der Waals surface area contributed by atoms with E-state index in [9.17, 15) is 9.59 Å². The maximum absolute atomic E-state index is 12.2. The lowest BCUT2D eigenvalue weighted by Gasteiger charge is -2.07. The second-order valence-electron chi connectivity index (χ2n) is 4.16. The molecule has 0 aliphatic heterocycles. The van der Waals surface area contributed by atoms with Gasteiger partial charge in [0.05, 0.1) is 18.6 Å². The largest absolute Gasteiger partial charge is 0.339 e. The van der Waals surface area contributed by atoms with Crippen LogP contribution in [-0.2, 0) is 13.6 Å². The van der Waals surface area contributed by atoms with Crippen molar-refractivity contribution in [2.45, 2.75) is 6.54 Å². The third-order valence-electron chi connectivity index (χ3n) is 2.96. The first kappa shape index (κ1) is 11.4. The molecule has 0 aliphatic carbocycles. The second kappa shape index (κ2) is 4.20. The molecule has 0 radical (unpaired) electrons. The minimum atomic E-state index is -0.407. The number of fused-ring (bicyclic) bond motifs is 1.